The first-order chi connectivity index (χ1) is 13.6. The highest BCUT2D eigenvalue weighted by Gasteiger charge is 2.08. The zero-order chi connectivity index (χ0) is 20.4. The molecular weight excluding hydrogens is 358 g/mol. The summed E-state index contributed by atoms with van der Waals surface area (Å²) in [5, 5.41) is 2.74. The molecule has 0 atom stereocenters. The summed E-state index contributed by atoms with van der Waals surface area (Å²) in [7, 11) is 3.13. The molecule has 0 aliphatic rings. The van der Waals surface area contributed by atoms with Crippen molar-refractivity contribution in [2.24, 2.45) is 0 Å². The first-order valence-electron chi connectivity index (χ1n) is 9.05. The largest absolute Gasteiger partial charge is 0.497 e. The number of ether oxygens (including phenoxy) is 3. The Balaban J connectivity index is 2.02. The van der Waals surface area contributed by atoms with Crippen molar-refractivity contribution in [3.8, 4) is 11.5 Å². The molecule has 0 radical (unpaired) electrons. The molecule has 0 bridgehead atoms. The first kappa shape index (κ1) is 21.0. The van der Waals surface area contributed by atoms with Crippen molar-refractivity contribution in [1.82, 2.24) is 0 Å². The van der Waals surface area contributed by atoms with Crippen LogP contribution in [0.1, 0.15) is 35.7 Å². The Morgan fingerprint density at radius 1 is 1.07 bits per heavy atom. The van der Waals surface area contributed by atoms with Crippen LogP contribution in [0.3, 0.4) is 0 Å². The van der Waals surface area contributed by atoms with E-state index in [1.165, 1.54) is 6.08 Å². The molecule has 0 saturated heterocycles. The van der Waals surface area contributed by atoms with E-state index in [4.69, 9.17) is 14.2 Å². The van der Waals surface area contributed by atoms with Crippen LogP contribution in [0, 0.1) is 0 Å². The molecule has 0 unspecified atom stereocenters. The van der Waals surface area contributed by atoms with Crippen molar-refractivity contribution in [3.63, 3.8) is 0 Å². The van der Waals surface area contributed by atoms with Crippen molar-refractivity contribution in [3.05, 3.63) is 59.7 Å². The van der Waals surface area contributed by atoms with Gasteiger partial charge in [-0.3, -0.25) is 4.79 Å². The van der Waals surface area contributed by atoms with Crippen LogP contribution in [0.25, 0.3) is 6.08 Å². The Labute approximate surface area is 165 Å². The Morgan fingerprint density at radius 3 is 2.61 bits per heavy atom. The summed E-state index contributed by atoms with van der Waals surface area (Å²) < 4.78 is 15.7. The molecular formula is C22H25NO5. The van der Waals surface area contributed by atoms with Crippen LogP contribution in [0.4, 0.5) is 5.69 Å². The lowest BCUT2D eigenvalue weighted by atomic mass is 10.1. The number of benzene rings is 2. The van der Waals surface area contributed by atoms with Gasteiger partial charge in [0.1, 0.15) is 11.5 Å². The second-order valence-electron chi connectivity index (χ2n) is 6.00. The minimum absolute atomic E-state index is 0.325. The van der Waals surface area contributed by atoms with Crippen LogP contribution in [0.5, 0.6) is 11.5 Å². The van der Waals surface area contributed by atoms with Gasteiger partial charge < -0.3 is 19.5 Å². The fourth-order valence-corrected chi connectivity index (χ4v) is 2.42. The third-order valence-electron chi connectivity index (χ3n) is 3.95. The van der Waals surface area contributed by atoms with Gasteiger partial charge in [-0.15, -0.1) is 0 Å². The summed E-state index contributed by atoms with van der Waals surface area (Å²) in [6.07, 6.45) is 4.82. The third kappa shape index (κ3) is 6.16. The van der Waals surface area contributed by atoms with Gasteiger partial charge in [0.2, 0.25) is 5.91 Å². The molecule has 0 fully saturated rings. The van der Waals surface area contributed by atoms with Gasteiger partial charge in [0, 0.05) is 23.4 Å². The van der Waals surface area contributed by atoms with Gasteiger partial charge in [-0.05, 0) is 42.8 Å². The molecule has 0 aliphatic heterocycles. The molecule has 2 aromatic carbocycles. The van der Waals surface area contributed by atoms with Crippen LogP contribution < -0.4 is 14.8 Å². The number of carbonyl (C=O) groups excluding carboxylic acids is 2. The van der Waals surface area contributed by atoms with Crippen molar-refractivity contribution in [2.45, 2.75) is 19.8 Å². The minimum atomic E-state index is -0.400. The number of nitrogens with one attached hydrogen (secondary N) is 1. The van der Waals surface area contributed by atoms with E-state index < -0.39 is 5.97 Å². The number of unbranched alkanes of at least 4 members (excludes halogenated alkanes) is 1. The van der Waals surface area contributed by atoms with Gasteiger partial charge in [0.05, 0.1) is 26.4 Å². The highest BCUT2D eigenvalue weighted by Crippen LogP contribution is 2.25. The molecule has 2 aromatic rings. The van der Waals surface area contributed by atoms with E-state index in [2.05, 4.69) is 5.32 Å². The van der Waals surface area contributed by atoms with Crippen molar-refractivity contribution in [2.75, 3.05) is 26.1 Å². The Kier molecular flexibility index (Phi) is 8.09. The molecule has 0 aromatic heterocycles. The predicted molar refractivity (Wildman–Crippen MR) is 109 cm³/mol. The summed E-state index contributed by atoms with van der Waals surface area (Å²) in [6.45, 7) is 2.41. The Morgan fingerprint density at radius 2 is 1.89 bits per heavy atom. The van der Waals surface area contributed by atoms with Crippen LogP contribution in [0.15, 0.2) is 48.5 Å². The van der Waals surface area contributed by atoms with Gasteiger partial charge in [0.25, 0.3) is 0 Å². The van der Waals surface area contributed by atoms with Gasteiger partial charge >= 0.3 is 5.97 Å². The molecule has 0 heterocycles. The van der Waals surface area contributed by atoms with Gasteiger partial charge in [0.15, 0.2) is 0 Å². The molecule has 28 heavy (non-hydrogen) atoms. The topological polar surface area (TPSA) is 73.9 Å². The third-order valence-corrected chi connectivity index (χ3v) is 3.95. The van der Waals surface area contributed by atoms with Crippen LogP contribution in [0.2, 0.25) is 0 Å². The zero-order valence-corrected chi connectivity index (χ0v) is 16.4. The van der Waals surface area contributed by atoms with Crippen molar-refractivity contribution >= 4 is 23.6 Å². The molecule has 148 valence electrons. The normalized spacial score (nSPS) is 10.5. The number of anilines is 1. The number of hydrogen-bond acceptors (Lipinski definition) is 5. The van der Waals surface area contributed by atoms with Gasteiger partial charge in [-0.25, -0.2) is 4.79 Å². The van der Waals surface area contributed by atoms with Crippen molar-refractivity contribution < 1.29 is 23.8 Å². The smallest absolute Gasteiger partial charge is 0.338 e. The fraction of sp³-hybridized carbons (Fsp3) is 0.273. The summed E-state index contributed by atoms with van der Waals surface area (Å²) in [4.78, 5) is 24.2. The van der Waals surface area contributed by atoms with Crippen LogP contribution in [-0.4, -0.2) is 32.7 Å². The quantitative estimate of drug-likeness (QED) is 0.397. The lowest BCUT2D eigenvalue weighted by Gasteiger charge is -2.08. The maximum absolute atomic E-state index is 12.2. The number of carbonyl (C=O) groups is 2. The number of hydrogen-bond donors (Lipinski definition) is 1. The average Bonchev–Trinajstić information content (AvgIpc) is 2.72. The standard InChI is InChI=1S/C22H25NO5/c1-4-5-13-28-22(25)17-7-6-8-18(14-17)23-21(24)12-10-16-9-11-19(26-2)15-20(16)27-3/h6-12,14-15H,4-5,13H2,1-3H3,(H,23,24). The van der Waals surface area contributed by atoms with E-state index in [0.717, 1.165) is 18.4 Å². The van der Waals surface area contributed by atoms with E-state index in [-0.39, 0.29) is 5.91 Å². The maximum atomic E-state index is 12.2. The predicted octanol–water partition coefficient (Wildman–Crippen LogP) is 4.31. The van der Waals surface area contributed by atoms with E-state index in [1.54, 1.807) is 62.8 Å². The molecule has 1 N–H and O–H groups in total. The maximum Gasteiger partial charge on any atom is 0.338 e. The first-order valence-corrected chi connectivity index (χ1v) is 9.05. The fourth-order valence-electron chi connectivity index (χ4n) is 2.42. The van der Waals surface area contributed by atoms with E-state index in [1.807, 2.05) is 6.92 Å². The SMILES string of the molecule is CCCCOC(=O)c1cccc(NC(=O)C=Cc2ccc(OC)cc2OC)c1. The summed E-state index contributed by atoms with van der Waals surface area (Å²) in [6, 6.07) is 12.0. The number of rotatable bonds is 9. The molecule has 0 spiro atoms. The second-order valence-corrected chi connectivity index (χ2v) is 6.00. The van der Waals surface area contributed by atoms with Gasteiger partial charge in [-0.2, -0.15) is 0 Å². The molecule has 1 amide bonds. The molecule has 0 saturated carbocycles. The molecule has 6 heteroatoms. The monoisotopic (exact) mass is 383 g/mol. The van der Waals surface area contributed by atoms with E-state index in [0.29, 0.717) is 29.4 Å². The highest BCUT2D eigenvalue weighted by molar-refractivity contribution is 6.02. The van der Waals surface area contributed by atoms with E-state index in [9.17, 15) is 9.59 Å². The lowest BCUT2D eigenvalue weighted by molar-refractivity contribution is -0.111. The highest BCUT2D eigenvalue weighted by atomic mass is 16.5. The zero-order valence-electron chi connectivity index (χ0n) is 16.4. The average molecular weight is 383 g/mol. The summed E-state index contributed by atoms with van der Waals surface area (Å²) >= 11 is 0. The van der Waals surface area contributed by atoms with Gasteiger partial charge in [-0.1, -0.05) is 19.4 Å². The molecule has 6 nitrogen and oxygen atoms in total. The number of esters is 1. The number of amides is 1. The molecule has 2 rings (SSSR count). The van der Waals surface area contributed by atoms with E-state index >= 15 is 0 Å². The van der Waals surface area contributed by atoms with Crippen LogP contribution in [-0.2, 0) is 9.53 Å². The molecule has 0 aliphatic carbocycles. The van der Waals surface area contributed by atoms with Crippen molar-refractivity contribution in [1.29, 1.82) is 0 Å². The summed E-state index contributed by atoms with van der Waals surface area (Å²) in [5.74, 6) is 0.541. The summed E-state index contributed by atoms with van der Waals surface area (Å²) in [5.41, 5.74) is 1.66. The Hall–Kier alpha value is -3.28. The second kappa shape index (κ2) is 10.8. The lowest BCUT2D eigenvalue weighted by Crippen LogP contribution is -2.10. The number of methoxy groups -OCH3 is 2. The van der Waals surface area contributed by atoms with Crippen LogP contribution >= 0.6 is 0 Å². The Bertz CT molecular complexity index is 845. The minimum Gasteiger partial charge on any atom is -0.497 e.